The fourth-order valence-electron chi connectivity index (χ4n) is 0.788. The standard InChI is InChI=1S/C6H10O/c1-2-6-4-3-5-7-6/h2,6H,1,3-5H2/t6-/m0/s1. The summed E-state index contributed by atoms with van der Waals surface area (Å²) in [6, 6.07) is 0. The van der Waals surface area contributed by atoms with E-state index in [4.69, 9.17) is 4.74 Å². The van der Waals surface area contributed by atoms with Gasteiger partial charge in [-0.2, -0.15) is 0 Å². The van der Waals surface area contributed by atoms with Gasteiger partial charge in [-0.3, -0.25) is 0 Å². The molecule has 1 aliphatic rings. The molecule has 1 nitrogen and oxygen atoms in total. The van der Waals surface area contributed by atoms with Crippen LogP contribution in [-0.4, -0.2) is 12.7 Å². The monoisotopic (exact) mass is 98.1 g/mol. The summed E-state index contributed by atoms with van der Waals surface area (Å²) in [7, 11) is 0. The van der Waals surface area contributed by atoms with E-state index in [0.29, 0.717) is 6.10 Å². The van der Waals surface area contributed by atoms with Crippen LogP contribution in [0.15, 0.2) is 12.7 Å². The molecule has 0 aromatic carbocycles. The highest BCUT2D eigenvalue weighted by molar-refractivity contribution is 4.82. The van der Waals surface area contributed by atoms with Crippen molar-refractivity contribution in [3.8, 4) is 0 Å². The second-order valence-corrected chi connectivity index (χ2v) is 1.79. The number of hydrogen-bond acceptors (Lipinski definition) is 1. The average molecular weight is 98.1 g/mol. The van der Waals surface area contributed by atoms with Crippen LogP contribution in [0, 0.1) is 0 Å². The minimum Gasteiger partial charge on any atom is -0.374 e. The van der Waals surface area contributed by atoms with E-state index in [-0.39, 0.29) is 0 Å². The predicted octanol–water partition coefficient (Wildman–Crippen LogP) is 1.35. The van der Waals surface area contributed by atoms with Gasteiger partial charge in [-0.05, 0) is 12.8 Å². The summed E-state index contributed by atoms with van der Waals surface area (Å²) >= 11 is 0. The maximum absolute atomic E-state index is 5.18. The Bertz CT molecular complexity index is 62.6. The fraction of sp³-hybridized carbons (Fsp3) is 0.667. The minimum atomic E-state index is 0.361. The van der Waals surface area contributed by atoms with Crippen LogP contribution >= 0.6 is 0 Å². The molecule has 1 fully saturated rings. The lowest BCUT2D eigenvalue weighted by molar-refractivity contribution is 0.146. The van der Waals surface area contributed by atoms with Crippen LogP contribution in [0.1, 0.15) is 12.8 Å². The molecule has 1 heterocycles. The lowest BCUT2D eigenvalue weighted by Crippen LogP contribution is -1.96. The third kappa shape index (κ3) is 1.03. The Morgan fingerprint density at radius 3 is 2.86 bits per heavy atom. The Morgan fingerprint density at radius 2 is 2.57 bits per heavy atom. The predicted molar refractivity (Wildman–Crippen MR) is 29.2 cm³/mol. The summed E-state index contributed by atoms with van der Waals surface area (Å²) < 4.78 is 5.18. The Balaban J connectivity index is 2.26. The Hall–Kier alpha value is -0.300. The molecule has 1 aliphatic heterocycles. The zero-order valence-electron chi connectivity index (χ0n) is 4.39. The molecule has 0 aromatic heterocycles. The van der Waals surface area contributed by atoms with Crippen LogP contribution in [0.3, 0.4) is 0 Å². The summed E-state index contributed by atoms with van der Waals surface area (Å²) in [6.45, 7) is 4.54. The van der Waals surface area contributed by atoms with E-state index < -0.39 is 0 Å². The van der Waals surface area contributed by atoms with Gasteiger partial charge in [-0.25, -0.2) is 0 Å². The van der Waals surface area contributed by atoms with E-state index in [9.17, 15) is 0 Å². The van der Waals surface area contributed by atoms with Crippen molar-refractivity contribution in [3.63, 3.8) is 0 Å². The molecule has 0 amide bonds. The molecule has 0 spiro atoms. The van der Waals surface area contributed by atoms with Crippen molar-refractivity contribution in [2.45, 2.75) is 18.9 Å². The summed E-state index contributed by atoms with van der Waals surface area (Å²) in [5.74, 6) is 0. The molecular formula is C6H10O. The van der Waals surface area contributed by atoms with Gasteiger partial charge in [0.15, 0.2) is 0 Å². The average Bonchev–Trinajstić information content (AvgIpc) is 2.14. The second-order valence-electron chi connectivity index (χ2n) is 1.79. The lowest BCUT2D eigenvalue weighted by Gasteiger charge is -1.97. The Labute approximate surface area is 44.0 Å². The first-order valence-corrected chi connectivity index (χ1v) is 2.67. The summed E-state index contributed by atoms with van der Waals surface area (Å²) in [4.78, 5) is 0. The van der Waals surface area contributed by atoms with E-state index in [1.54, 1.807) is 0 Å². The van der Waals surface area contributed by atoms with Crippen LogP contribution in [0.25, 0.3) is 0 Å². The van der Waals surface area contributed by atoms with E-state index in [1.165, 1.54) is 12.8 Å². The van der Waals surface area contributed by atoms with Crippen molar-refractivity contribution in [2.24, 2.45) is 0 Å². The normalized spacial score (nSPS) is 30.6. The highest BCUT2D eigenvalue weighted by atomic mass is 16.5. The quantitative estimate of drug-likeness (QED) is 0.450. The molecule has 0 unspecified atom stereocenters. The van der Waals surface area contributed by atoms with Crippen LogP contribution in [0.5, 0.6) is 0 Å². The van der Waals surface area contributed by atoms with E-state index in [2.05, 4.69) is 6.58 Å². The molecule has 0 aliphatic carbocycles. The molecule has 0 radical (unpaired) electrons. The Morgan fingerprint density at radius 1 is 1.71 bits per heavy atom. The van der Waals surface area contributed by atoms with Gasteiger partial charge >= 0.3 is 0 Å². The van der Waals surface area contributed by atoms with E-state index in [1.807, 2.05) is 6.08 Å². The molecule has 0 aromatic rings. The molecule has 7 heavy (non-hydrogen) atoms. The number of ether oxygens (including phenoxy) is 1. The van der Waals surface area contributed by atoms with Gasteiger partial charge in [0.1, 0.15) is 0 Å². The molecule has 0 N–H and O–H groups in total. The van der Waals surface area contributed by atoms with Gasteiger partial charge in [-0.1, -0.05) is 6.08 Å². The first-order valence-electron chi connectivity index (χ1n) is 2.67. The van der Waals surface area contributed by atoms with Crippen molar-refractivity contribution < 1.29 is 4.74 Å². The van der Waals surface area contributed by atoms with Gasteiger partial charge in [0.05, 0.1) is 6.10 Å². The van der Waals surface area contributed by atoms with Crippen LogP contribution < -0.4 is 0 Å². The zero-order chi connectivity index (χ0) is 5.11. The maximum Gasteiger partial charge on any atom is 0.0754 e. The van der Waals surface area contributed by atoms with Gasteiger partial charge < -0.3 is 4.74 Å². The summed E-state index contributed by atoms with van der Waals surface area (Å²) in [5.41, 5.74) is 0. The van der Waals surface area contributed by atoms with E-state index in [0.717, 1.165) is 6.61 Å². The third-order valence-corrected chi connectivity index (χ3v) is 1.23. The minimum absolute atomic E-state index is 0.361. The topological polar surface area (TPSA) is 9.23 Å². The zero-order valence-corrected chi connectivity index (χ0v) is 4.39. The van der Waals surface area contributed by atoms with Gasteiger partial charge in [0.25, 0.3) is 0 Å². The van der Waals surface area contributed by atoms with Crippen LogP contribution in [-0.2, 0) is 4.74 Å². The molecule has 1 saturated heterocycles. The van der Waals surface area contributed by atoms with Gasteiger partial charge in [0, 0.05) is 6.61 Å². The third-order valence-electron chi connectivity index (χ3n) is 1.23. The van der Waals surface area contributed by atoms with Gasteiger partial charge in [0.2, 0.25) is 0 Å². The molecular weight excluding hydrogens is 88.1 g/mol. The molecule has 0 saturated carbocycles. The lowest BCUT2D eigenvalue weighted by atomic mass is 10.2. The largest absolute Gasteiger partial charge is 0.374 e. The SMILES string of the molecule is C=C[C@H]1CCCO1. The Kier molecular flexibility index (Phi) is 1.47. The number of rotatable bonds is 1. The number of hydrogen-bond donors (Lipinski definition) is 0. The van der Waals surface area contributed by atoms with Crippen molar-refractivity contribution >= 4 is 0 Å². The molecule has 1 rings (SSSR count). The fourth-order valence-corrected chi connectivity index (χ4v) is 0.788. The van der Waals surface area contributed by atoms with Crippen molar-refractivity contribution in [1.82, 2.24) is 0 Å². The molecule has 1 heteroatoms. The second kappa shape index (κ2) is 2.12. The summed E-state index contributed by atoms with van der Waals surface area (Å²) in [5, 5.41) is 0. The van der Waals surface area contributed by atoms with Crippen LogP contribution in [0.2, 0.25) is 0 Å². The first kappa shape index (κ1) is 4.85. The highest BCUT2D eigenvalue weighted by Gasteiger charge is 2.09. The van der Waals surface area contributed by atoms with Crippen LogP contribution in [0.4, 0.5) is 0 Å². The highest BCUT2D eigenvalue weighted by Crippen LogP contribution is 2.11. The maximum atomic E-state index is 5.18. The summed E-state index contributed by atoms with van der Waals surface area (Å²) in [6.07, 6.45) is 4.60. The van der Waals surface area contributed by atoms with E-state index >= 15 is 0 Å². The molecule has 40 valence electrons. The smallest absolute Gasteiger partial charge is 0.0754 e. The molecule has 0 bridgehead atoms. The van der Waals surface area contributed by atoms with Crippen molar-refractivity contribution in [1.29, 1.82) is 0 Å². The van der Waals surface area contributed by atoms with Gasteiger partial charge in [-0.15, -0.1) is 6.58 Å². The molecule has 1 atom stereocenters. The van der Waals surface area contributed by atoms with Crippen molar-refractivity contribution in [2.75, 3.05) is 6.61 Å². The first-order chi connectivity index (χ1) is 3.43. The van der Waals surface area contributed by atoms with Crippen molar-refractivity contribution in [3.05, 3.63) is 12.7 Å².